The lowest BCUT2D eigenvalue weighted by molar-refractivity contribution is 0.253. The molecular formula is C21H23FN6. The van der Waals surface area contributed by atoms with Crippen LogP contribution in [-0.4, -0.2) is 49.0 Å². The van der Waals surface area contributed by atoms with Crippen molar-refractivity contribution in [3.8, 4) is 11.3 Å². The zero-order chi connectivity index (χ0) is 19.4. The highest BCUT2D eigenvalue weighted by Gasteiger charge is 2.22. The molecule has 7 heteroatoms. The summed E-state index contributed by atoms with van der Waals surface area (Å²) in [6.07, 6.45) is 7.90. The molecule has 1 saturated heterocycles. The second-order valence-electron chi connectivity index (χ2n) is 7.88. The largest absolute Gasteiger partial charge is 0.306 e. The number of piperidine rings is 1. The quantitative estimate of drug-likeness (QED) is 0.535. The molecule has 6 nitrogen and oxygen atoms in total. The van der Waals surface area contributed by atoms with Crippen molar-refractivity contribution in [3.63, 3.8) is 0 Å². The number of hydrogen-bond acceptors (Lipinski definition) is 4. The van der Waals surface area contributed by atoms with E-state index in [2.05, 4.69) is 27.0 Å². The maximum Gasteiger partial charge on any atom is 0.173 e. The molecule has 0 spiro atoms. The van der Waals surface area contributed by atoms with Gasteiger partial charge in [0, 0.05) is 23.9 Å². The number of imidazole rings is 1. The van der Waals surface area contributed by atoms with Gasteiger partial charge < -0.3 is 9.30 Å². The van der Waals surface area contributed by atoms with Gasteiger partial charge in [0.15, 0.2) is 11.5 Å². The van der Waals surface area contributed by atoms with Crippen LogP contribution < -0.4 is 0 Å². The molecule has 0 atom stereocenters. The molecule has 0 bridgehead atoms. The summed E-state index contributed by atoms with van der Waals surface area (Å²) in [5.41, 5.74) is 5.57. The lowest BCUT2D eigenvalue weighted by Gasteiger charge is -2.27. The third-order valence-electron chi connectivity index (χ3n) is 5.72. The van der Waals surface area contributed by atoms with E-state index >= 15 is 0 Å². The average molecular weight is 378 g/mol. The molecule has 0 aromatic carbocycles. The van der Waals surface area contributed by atoms with E-state index in [0.717, 1.165) is 59.8 Å². The minimum absolute atomic E-state index is 0.320. The van der Waals surface area contributed by atoms with Crippen LogP contribution in [0.1, 0.15) is 35.8 Å². The SMILES string of the molecule is Cc1cn2nc(-c3cc(F)c4nc(C5CCN(C)CC5)cn4c3)cc2c(C)n1. The normalized spacial score (nSPS) is 16.4. The van der Waals surface area contributed by atoms with Crippen molar-refractivity contribution in [1.29, 1.82) is 0 Å². The number of likely N-dealkylation sites (tertiary alicyclic amines) is 1. The number of fused-ring (bicyclic) bond motifs is 2. The highest BCUT2D eigenvalue weighted by molar-refractivity contribution is 5.68. The lowest BCUT2D eigenvalue weighted by Crippen LogP contribution is -2.29. The van der Waals surface area contributed by atoms with Crippen molar-refractivity contribution in [1.82, 2.24) is 28.9 Å². The van der Waals surface area contributed by atoms with Crippen molar-refractivity contribution >= 4 is 11.2 Å². The molecule has 4 aromatic rings. The van der Waals surface area contributed by atoms with Gasteiger partial charge in [0.2, 0.25) is 0 Å². The monoisotopic (exact) mass is 378 g/mol. The van der Waals surface area contributed by atoms with Crippen LogP contribution in [0, 0.1) is 19.7 Å². The van der Waals surface area contributed by atoms with E-state index in [9.17, 15) is 4.39 Å². The summed E-state index contributed by atoms with van der Waals surface area (Å²) in [4.78, 5) is 11.4. The maximum atomic E-state index is 14.8. The van der Waals surface area contributed by atoms with Crippen molar-refractivity contribution in [2.45, 2.75) is 32.6 Å². The van der Waals surface area contributed by atoms with E-state index in [4.69, 9.17) is 0 Å². The van der Waals surface area contributed by atoms with Crippen LogP contribution in [0.5, 0.6) is 0 Å². The van der Waals surface area contributed by atoms with Crippen molar-refractivity contribution in [2.75, 3.05) is 20.1 Å². The first-order chi connectivity index (χ1) is 13.5. The van der Waals surface area contributed by atoms with Gasteiger partial charge in [0.25, 0.3) is 0 Å². The standard InChI is InChI=1S/C21H23FN6/c1-13-10-28-20(14(2)23-13)9-18(25-28)16-8-17(22)21-24-19(12-27(21)11-16)15-4-6-26(3)7-5-15/h8-12,15H,4-7H2,1-3H3. The predicted octanol–water partition coefficient (Wildman–Crippen LogP) is 3.61. The Labute approximate surface area is 162 Å². The Hall–Kier alpha value is -2.80. The van der Waals surface area contributed by atoms with E-state index in [1.165, 1.54) is 6.07 Å². The fraction of sp³-hybridized carbons (Fsp3) is 0.381. The Morgan fingerprint density at radius 3 is 2.61 bits per heavy atom. The fourth-order valence-electron chi connectivity index (χ4n) is 4.15. The van der Waals surface area contributed by atoms with Gasteiger partial charge in [-0.2, -0.15) is 5.10 Å². The molecule has 1 fully saturated rings. The Kier molecular flexibility index (Phi) is 3.94. The van der Waals surface area contributed by atoms with Gasteiger partial charge in [0.05, 0.1) is 34.5 Å². The van der Waals surface area contributed by atoms with Gasteiger partial charge in [-0.3, -0.25) is 4.98 Å². The Balaban J connectivity index is 1.57. The number of pyridine rings is 1. The molecule has 1 aliphatic heterocycles. The predicted molar refractivity (Wildman–Crippen MR) is 106 cm³/mol. The van der Waals surface area contributed by atoms with Gasteiger partial charge in [0.1, 0.15) is 0 Å². The van der Waals surface area contributed by atoms with E-state index in [-0.39, 0.29) is 5.82 Å². The van der Waals surface area contributed by atoms with Gasteiger partial charge in [-0.1, -0.05) is 0 Å². The first kappa shape index (κ1) is 17.3. The number of nitrogens with zero attached hydrogens (tertiary/aromatic N) is 6. The molecule has 144 valence electrons. The molecule has 0 saturated carbocycles. The minimum atomic E-state index is -0.320. The van der Waals surface area contributed by atoms with E-state index < -0.39 is 0 Å². The van der Waals surface area contributed by atoms with E-state index in [1.807, 2.05) is 43.0 Å². The van der Waals surface area contributed by atoms with Crippen LogP contribution in [0.2, 0.25) is 0 Å². The number of aromatic nitrogens is 5. The van der Waals surface area contributed by atoms with Gasteiger partial charge in [-0.15, -0.1) is 0 Å². The summed E-state index contributed by atoms with van der Waals surface area (Å²) in [5.74, 6) is 0.0746. The van der Waals surface area contributed by atoms with Gasteiger partial charge >= 0.3 is 0 Å². The highest BCUT2D eigenvalue weighted by Crippen LogP contribution is 2.29. The third kappa shape index (κ3) is 2.86. The zero-order valence-corrected chi connectivity index (χ0v) is 16.4. The molecule has 5 rings (SSSR count). The Morgan fingerprint density at radius 2 is 1.82 bits per heavy atom. The summed E-state index contributed by atoms with van der Waals surface area (Å²) >= 11 is 0. The first-order valence-corrected chi connectivity index (χ1v) is 9.68. The van der Waals surface area contributed by atoms with E-state index in [0.29, 0.717) is 11.6 Å². The van der Waals surface area contributed by atoms with Crippen LogP contribution in [0.25, 0.3) is 22.4 Å². The van der Waals surface area contributed by atoms with E-state index in [1.54, 1.807) is 4.40 Å². The smallest absolute Gasteiger partial charge is 0.173 e. The number of halogens is 1. The van der Waals surface area contributed by atoms with Crippen molar-refractivity contribution in [3.05, 3.63) is 53.6 Å². The third-order valence-corrected chi connectivity index (χ3v) is 5.72. The molecule has 0 radical (unpaired) electrons. The molecular weight excluding hydrogens is 355 g/mol. The number of aryl methyl sites for hydroxylation is 2. The average Bonchev–Trinajstić information content (AvgIpc) is 3.27. The van der Waals surface area contributed by atoms with Crippen LogP contribution in [-0.2, 0) is 0 Å². The number of rotatable bonds is 2. The molecule has 0 unspecified atom stereocenters. The topological polar surface area (TPSA) is 50.7 Å². The summed E-state index contributed by atoms with van der Waals surface area (Å²) in [7, 11) is 2.14. The summed E-state index contributed by atoms with van der Waals surface area (Å²) in [5, 5.41) is 4.63. The van der Waals surface area contributed by atoms with Crippen LogP contribution in [0.3, 0.4) is 0 Å². The lowest BCUT2D eigenvalue weighted by atomic mass is 9.94. The second-order valence-corrected chi connectivity index (χ2v) is 7.88. The van der Waals surface area contributed by atoms with Crippen molar-refractivity contribution < 1.29 is 4.39 Å². The molecule has 5 heterocycles. The summed E-state index contributed by atoms with van der Waals surface area (Å²) < 4.78 is 18.5. The fourth-order valence-corrected chi connectivity index (χ4v) is 4.15. The van der Waals surface area contributed by atoms with Gasteiger partial charge in [-0.25, -0.2) is 13.9 Å². The zero-order valence-electron chi connectivity index (χ0n) is 16.4. The van der Waals surface area contributed by atoms with Crippen LogP contribution in [0.4, 0.5) is 4.39 Å². The van der Waals surface area contributed by atoms with Crippen LogP contribution >= 0.6 is 0 Å². The number of hydrogen-bond donors (Lipinski definition) is 0. The molecule has 28 heavy (non-hydrogen) atoms. The van der Waals surface area contributed by atoms with Crippen molar-refractivity contribution in [2.24, 2.45) is 0 Å². The molecule has 0 amide bonds. The summed E-state index contributed by atoms with van der Waals surface area (Å²) in [6.45, 7) is 6.01. The van der Waals surface area contributed by atoms with Gasteiger partial charge in [-0.05, 0) is 59.0 Å². The Morgan fingerprint density at radius 1 is 1.04 bits per heavy atom. The molecule has 0 aliphatic carbocycles. The summed E-state index contributed by atoms with van der Waals surface area (Å²) in [6, 6.07) is 3.48. The first-order valence-electron chi connectivity index (χ1n) is 9.68. The highest BCUT2D eigenvalue weighted by atomic mass is 19.1. The maximum absolute atomic E-state index is 14.8. The minimum Gasteiger partial charge on any atom is -0.306 e. The second kappa shape index (κ2) is 6.38. The Bertz CT molecular complexity index is 1180. The molecule has 1 aliphatic rings. The molecule has 0 N–H and O–H groups in total. The van der Waals surface area contributed by atoms with Crippen LogP contribution in [0.15, 0.2) is 30.7 Å². The molecule has 4 aromatic heterocycles.